The maximum absolute atomic E-state index is 6.13. The number of fused-ring (bicyclic) bond motifs is 1. The molecule has 1 aromatic heterocycles. The molecular weight excluding hydrogens is 257 g/mol. The van der Waals surface area contributed by atoms with Crippen molar-refractivity contribution in [2.75, 3.05) is 0 Å². The number of imidazole rings is 1. The van der Waals surface area contributed by atoms with E-state index in [1.54, 1.807) is 12.1 Å². The van der Waals surface area contributed by atoms with Gasteiger partial charge < -0.3 is 10.7 Å². The quantitative estimate of drug-likeness (QED) is 0.889. The van der Waals surface area contributed by atoms with Crippen LogP contribution in [0.2, 0.25) is 10.0 Å². The molecule has 0 aliphatic rings. The molecule has 92 valence electrons. The minimum Gasteiger partial charge on any atom is -0.341 e. The van der Waals surface area contributed by atoms with Gasteiger partial charge in [0.15, 0.2) is 0 Å². The normalized spacial score (nSPS) is 15.1. The van der Waals surface area contributed by atoms with E-state index in [1.165, 1.54) is 0 Å². The van der Waals surface area contributed by atoms with E-state index in [0.29, 0.717) is 16.0 Å². The lowest BCUT2D eigenvalue weighted by molar-refractivity contribution is 0.442. The first-order valence-electron chi connectivity index (χ1n) is 5.63. The van der Waals surface area contributed by atoms with Crippen LogP contribution < -0.4 is 5.73 Å². The van der Waals surface area contributed by atoms with E-state index in [9.17, 15) is 0 Å². The predicted octanol–water partition coefficient (Wildman–Crippen LogP) is 3.92. The Morgan fingerprint density at radius 3 is 2.65 bits per heavy atom. The fourth-order valence-electron chi connectivity index (χ4n) is 1.71. The van der Waals surface area contributed by atoms with Gasteiger partial charge in [-0.2, -0.15) is 0 Å². The molecule has 0 amide bonds. The van der Waals surface area contributed by atoms with Crippen LogP contribution >= 0.6 is 23.2 Å². The van der Waals surface area contributed by atoms with Gasteiger partial charge in [-0.05, 0) is 18.1 Å². The highest BCUT2D eigenvalue weighted by Gasteiger charge is 2.17. The largest absolute Gasteiger partial charge is 0.341 e. The molecule has 0 aliphatic heterocycles. The SMILES string of the molecule is CCC(C)C(N)c1nc2cc(Cl)c(Cl)cc2[nH]1. The summed E-state index contributed by atoms with van der Waals surface area (Å²) in [7, 11) is 0. The van der Waals surface area contributed by atoms with Crippen LogP contribution in [0.3, 0.4) is 0 Å². The lowest BCUT2D eigenvalue weighted by atomic mass is 10.00. The molecule has 1 heterocycles. The molecule has 2 aromatic rings. The van der Waals surface area contributed by atoms with Gasteiger partial charge in [-0.3, -0.25) is 0 Å². The maximum Gasteiger partial charge on any atom is 0.124 e. The molecule has 5 heteroatoms. The average molecular weight is 272 g/mol. The Morgan fingerprint density at radius 2 is 2.00 bits per heavy atom. The van der Waals surface area contributed by atoms with Crippen LogP contribution in [0.1, 0.15) is 32.1 Å². The highest BCUT2D eigenvalue weighted by atomic mass is 35.5. The number of nitrogens with one attached hydrogen (secondary N) is 1. The number of nitrogens with zero attached hydrogens (tertiary/aromatic N) is 1. The molecule has 2 atom stereocenters. The third-order valence-electron chi connectivity index (χ3n) is 3.11. The fraction of sp³-hybridized carbons (Fsp3) is 0.417. The molecule has 0 saturated heterocycles. The van der Waals surface area contributed by atoms with E-state index in [-0.39, 0.29) is 6.04 Å². The molecule has 2 rings (SSSR count). The third kappa shape index (κ3) is 2.41. The molecule has 0 aliphatic carbocycles. The third-order valence-corrected chi connectivity index (χ3v) is 3.84. The van der Waals surface area contributed by atoms with Crippen LogP contribution in [-0.2, 0) is 0 Å². The first-order chi connectivity index (χ1) is 8.02. The second kappa shape index (κ2) is 4.84. The zero-order valence-corrected chi connectivity index (χ0v) is 11.3. The number of aromatic amines is 1. The van der Waals surface area contributed by atoms with Crippen LogP contribution in [0, 0.1) is 5.92 Å². The molecule has 0 fully saturated rings. The lowest BCUT2D eigenvalue weighted by Crippen LogP contribution is -2.19. The first kappa shape index (κ1) is 12.7. The molecule has 3 N–H and O–H groups in total. The standard InChI is InChI=1S/C12H15Cl2N3/c1-3-6(2)11(15)12-16-9-4-7(13)8(14)5-10(9)17-12/h4-6,11H,3,15H2,1-2H3,(H,16,17). The predicted molar refractivity (Wildman–Crippen MR) is 72.5 cm³/mol. The maximum atomic E-state index is 6.13. The molecule has 0 radical (unpaired) electrons. The van der Waals surface area contributed by atoms with Gasteiger partial charge in [0.1, 0.15) is 5.82 Å². The second-order valence-corrected chi connectivity index (χ2v) is 5.13. The Bertz CT molecular complexity index is 497. The second-order valence-electron chi connectivity index (χ2n) is 4.32. The Morgan fingerprint density at radius 1 is 1.35 bits per heavy atom. The van der Waals surface area contributed by atoms with Crippen molar-refractivity contribution >= 4 is 34.2 Å². The number of hydrogen-bond acceptors (Lipinski definition) is 2. The molecule has 0 spiro atoms. The van der Waals surface area contributed by atoms with Gasteiger partial charge in [-0.15, -0.1) is 0 Å². The van der Waals surface area contributed by atoms with Crippen LogP contribution in [-0.4, -0.2) is 9.97 Å². The van der Waals surface area contributed by atoms with E-state index in [2.05, 4.69) is 23.8 Å². The van der Waals surface area contributed by atoms with Crippen LogP contribution in [0.25, 0.3) is 11.0 Å². The summed E-state index contributed by atoms with van der Waals surface area (Å²) in [6.07, 6.45) is 1.01. The summed E-state index contributed by atoms with van der Waals surface area (Å²) < 4.78 is 0. The molecule has 17 heavy (non-hydrogen) atoms. The van der Waals surface area contributed by atoms with Crippen molar-refractivity contribution < 1.29 is 0 Å². The Hall–Kier alpha value is -0.770. The number of halogens is 2. The smallest absolute Gasteiger partial charge is 0.124 e. The number of aromatic nitrogens is 2. The van der Waals surface area contributed by atoms with Crippen molar-refractivity contribution in [1.29, 1.82) is 0 Å². The molecule has 1 aromatic carbocycles. The van der Waals surface area contributed by atoms with Crippen molar-refractivity contribution in [3.8, 4) is 0 Å². The summed E-state index contributed by atoms with van der Waals surface area (Å²) in [5.41, 5.74) is 7.80. The highest BCUT2D eigenvalue weighted by Crippen LogP contribution is 2.28. The van der Waals surface area contributed by atoms with Crippen molar-refractivity contribution in [2.24, 2.45) is 11.7 Å². The average Bonchev–Trinajstić information content (AvgIpc) is 2.70. The molecule has 3 nitrogen and oxygen atoms in total. The Labute approximate surface area is 110 Å². The first-order valence-corrected chi connectivity index (χ1v) is 6.38. The van der Waals surface area contributed by atoms with Gasteiger partial charge in [0.2, 0.25) is 0 Å². The lowest BCUT2D eigenvalue weighted by Gasteiger charge is -2.15. The fourth-order valence-corrected chi connectivity index (χ4v) is 2.03. The van der Waals surface area contributed by atoms with Gasteiger partial charge in [0, 0.05) is 0 Å². The number of benzene rings is 1. The highest BCUT2D eigenvalue weighted by molar-refractivity contribution is 6.42. The summed E-state index contributed by atoms with van der Waals surface area (Å²) in [6, 6.07) is 3.44. The van der Waals surface area contributed by atoms with E-state index in [4.69, 9.17) is 28.9 Å². The Kier molecular flexibility index (Phi) is 3.61. The molecule has 0 saturated carbocycles. The van der Waals surface area contributed by atoms with Gasteiger partial charge >= 0.3 is 0 Å². The number of rotatable bonds is 3. The van der Waals surface area contributed by atoms with Gasteiger partial charge in [-0.1, -0.05) is 43.5 Å². The van der Waals surface area contributed by atoms with Gasteiger partial charge in [0.25, 0.3) is 0 Å². The van der Waals surface area contributed by atoms with Gasteiger partial charge in [-0.25, -0.2) is 4.98 Å². The van der Waals surface area contributed by atoms with E-state index >= 15 is 0 Å². The minimum atomic E-state index is -0.0926. The number of nitrogens with two attached hydrogens (primary N) is 1. The summed E-state index contributed by atoms with van der Waals surface area (Å²) in [6.45, 7) is 4.22. The number of hydrogen-bond donors (Lipinski definition) is 2. The summed E-state index contributed by atoms with van der Waals surface area (Å²) in [5, 5.41) is 1.03. The van der Waals surface area contributed by atoms with Crippen LogP contribution in [0.5, 0.6) is 0 Å². The van der Waals surface area contributed by atoms with Crippen molar-refractivity contribution in [3.05, 3.63) is 28.0 Å². The summed E-state index contributed by atoms with van der Waals surface area (Å²) in [5.74, 6) is 1.16. The van der Waals surface area contributed by atoms with E-state index in [1.807, 2.05) is 0 Å². The van der Waals surface area contributed by atoms with Crippen molar-refractivity contribution in [2.45, 2.75) is 26.3 Å². The molecule has 0 bridgehead atoms. The van der Waals surface area contributed by atoms with Gasteiger partial charge in [0.05, 0.1) is 27.1 Å². The summed E-state index contributed by atoms with van der Waals surface area (Å²) >= 11 is 11.9. The number of H-pyrrole nitrogens is 1. The van der Waals surface area contributed by atoms with Crippen molar-refractivity contribution in [3.63, 3.8) is 0 Å². The topological polar surface area (TPSA) is 54.7 Å². The monoisotopic (exact) mass is 271 g/mol. The van der Waals surface area contributed by atoms with E-state index < -0.39 is 0 Å². The van der Waals surface area contributed by atoms with Crippen molar-refractivity contribution in [1.82, 2.24) is 9.97 Å². The molecular formula is C12H15Cl2N3. The van der Waals surface area contributed by atoms with Crippen LogP contribution in [0.4, 0.5) is 0 Å². The summed E-state index contributed by atoms with van der Waals surface area (Å²) in [4.78, 5) is 7.66. The minimum absolute atomic E-state index is 0.0926. The van der Waals surface area contributed by atoms with Crippen LogP contribution in [0.15, 0.2) is 12.1 Å². The van der Waals surface area contributed by atoms with E-state index in [0.717, 1.165) is 23.3 Å². The molecule has 2 unspecified atom stereocenters. The zero-order chi connectivity index (χ0) is 12.6. The zero-order valence-electron chi connectivity index (χ0n) is 9.80. The Balaban J connectivity index is 2.44.